The van der Waals surface area contributed by atoms with Crippen LogP contribution >= 0.6 is 27.7 Å². The molecule has 0 atom stereocenters. The smallest absolute Gasteiger partial charge is 0.258 e. The lowest BCUT2D eigenvalue weighted by Gasteiger charge is -2.14. The molecular weight excluding hydrogens is 406 g/mol. The van der Waals surface area contributed by atoms with Crippen LogP contribution in [0.15, 0.2) is 63.3 Å². The van der Waals surface area contributed by atoms with Gasteiger partial charge in [0.1, 0.15) is 0 Å². The van der Waals surface area contributed by atoms with Crippen LogP contribution in [0.2, 0.25) is 0 Å². The van der Waals surface area contributed by atoms with E-state index in [2.05, 4.69) is 31.2 Å². The van der Waals surface area contributed by atoms with E-state index < -0.39 is 4.92 Å². The number of nitro groups is 1. The predicted octanol–water partition coefficient (Wildman–Crippen LogP) is 3.97. The van der Waals surface area contributed by atoms with Gasteiger partial charge >= 0.3 is 0 Å². The van der Waals surface area contributed by atoms with Gasteiger partial charge in [-0.3, -0.25) is 10.1 Å². The quantitative estimate of drug-likeness (QED) is 0.476. The number of nitrogens with zero attached hydrogens (tertiary/aromatic N) is 5. The maximum Gasteiger partial charge on any atom is 0.270 e. The first-order chi connectivity index (χ1) is 12.1. The van der Waals surface area contributed by atoms with Crippen molar-refractivity contribution >= 4 is 39.1 Å². The zero-order valence-electron chi connectivity index (χ0n) is 12.7. The highest BCUT2D eigenvalue weighted by Gasteiger charge is 2.21. The fourth-order valence-electron chi connectivity index (χ4n) is 2.48. The normalized spacial score (nSPS) is 13.2. The molecule has 25 heavy (non-hydrogen) atoms. The third-order valence-electron chi connectivity index (χ3n) is 3.64. The van der Waals surface area contributed by atoms with Crippen LogP contribution < -0.4 is 0 Å². The molecule has 0 amide bonds. The van der Waals surface area contributed by atoms with Gasteiger partial charge in [0.15, 0.2) is 5.82 Å². The summed E-state index contributed by atoms with van der Waals surface area (Å²) in [7, 11) is 0. The summed E-state index contributed by atoms with van der Waals surface area (Å²) in [4.78, 5) is 10.6. The van der Waals surface area contributed by atoms with E-state index in [-0.39, 0.29) is 5.69 Å². The van der Waals surface area contributed by atoms with Crippen molar-refractivity contribution < 1.29 is 4.92 Å². The molecule has 1 aliphatic heterocycles. The van der Waals surface area contributed by atoms with E-state index in [1.165, 1.54) is 23.9 Å². The van der Waals surface area contributed by atoms with Crippen molar-refractivity contribution in [3.63, 3.8) is 0 Å². The molecular formula is C16H10BrN5O2S. The molecule has 4 rings (SSSR count). The number of nitro benzene ring substituents is 1. The van der Waals surface area contributed by atoms with E-state index in [1.807, 2.05) is 30.3 Å². The molecule has 3 aromatic rings. The molecule has 2 aromatic carbocycles. The minimum absolute atomic E-state index is 0.0481. The van der Waals surface area contributed by atoms with Gasteiger partial charge in [0.25, 0.3) is 5.69 Å². The molecule has 0 bridgehead atoms. The molecule has 0 unspecified atom stereocenters. The van der Waals surface area contributed by atoms with Crippen LogP contribution in [0.25, 0.3) is 11.4 Å². The summed E-state index contributed by atoms with van der Waals surface area (Å²) in [5.41, 5.74) is 2.41. The molecule has 0 fully saturated rings. The van der Waals surface area contributed by atoms with Crippen molar-refractivity contribution in [3.05, 3.63) is 68.7 Å². The number of hydrogen-bond acceptors (Lipinski definition) is 6. The monoisotopic (exact) mass is 415 g/mol. The lowest BCUT2D eigenvalue weighted by molar-refractivity contribution is -0.384. The molecule has 1 aromatic heterocycles. The third kappa shape index (κ3) is 3.08. The van der Waals surface area contributed by atoms with E-state index >= 15 is 0 Å². The third-order valence-corrected chi connectivity index (χ3v) is 5.07. The fraction of sp³-hybridized carbons (Fsp3) is 0.0625. The molecule has 9 heteroatoms. The number of aromatic nitrogens is 3. The molecule has 0 spiro atoms. The molecule has 2 heterocycles. The molecule has 1 aliphatic rings. The molecule has 7 nitrogen and oxygen atoms in total. The summed E-state index contributed by atoms with van der Waals surface area (Å²) in [6.07, 6.45) is 0. The first-order valence-corrected chi connectivity index (χ1v) is 9.06. The van der Waals surface area contributed by atoms with Gasteiger partial charge in [0, 0.05) is 33.5 Å². The summed E-state index contributed by atoms with van der Waals surface area (Å²) >= 11 is 4.95. The molecule has 0 saturated heterocycles. The average molecular weight is 416 g/mol. The number of non-ortho nitro benzene ring substituents is 1. The van der Waals surface area contributed by atoms with Gasteiger partial charge in [-0.05, 0) is 12.1 Å². The van der Waals surface area contributed by atoms with Crippen LogP contribution in [-0.2, 0) is 0 Å². The van der Waals surface area contributed by atoms with Crippen LogP contribution in [0.1, 0.15) is 5.56 Å². The second-order valence-corrected chi connectivity index (χ2v) is 7.13. The van der Waals surface area contributed by atoms with E-state index in [1.54, 1.807) is 10.7 Å². The SMILES string of the molecule is O=[N+]([O-])c1cccc(C2=Nn3c(nnc3-c3cccc(Br)c3)SC2)c1. The summed E-state index contributed by atoms with van der Waals surface area (Å²) < 4.78 is 2.62. The van der Waals surface area contributed by atoms with Gasteiger partial charge in [0.05, 0.1) is 10.6 Å². The average Bonchev–Trinajstić information content (AvgIpc) is 3.05. The largest absolute Gasteiger partial charge is 0.270 e. The molecule has 0 aliphatic carbocycles. The standard InChI is InChI=1S/C16H10BrN5O2S/c17-12-5-1-4-11(7-12)15-18-19-16-21(15)20-14(9-25-16)10-3-2-6-13(8-10)22(23)24/h1-8H,9H2. The number of thioether (sulfide) groups is 1. The Hall–Kier alpha value is -2.52. The summed E-state index contributed by atoms with van der Waals surface area (Å²) in [6, 6.07) is 14.2. The number of halogens is 1. The van der Waals surface area contributed by atoms with E-state index in [0.717, 1.165) is 21.3 Å². The van der Waals surface area contributed by atoms with E-state index in [4.69, 9.17) is 0 Å². The van der Waals surface area contributed by atoms with Crippen molar-refractivity contribution in [2.45, 2.75) is 5.16 Å². The zero-order valence-corrected chi connectivity index (χ0v) is 15.1. The van der Waals surface area contributed by atoms with Gasteiger partial charge in [-0.15, -0.1) is 10.2 Å². The van der Waals surface area contributed by atoms with Crippen molar-refractivity contribution in [3.8, 4) is 11.4 Å². The highest BCUT2D eigenvalue weighted by Crippen LogP contribution is 2.30. The summed E-state index contributed by atoms with van der Waals surface area (Å²) in [5.74, 6) is 1.21. The van der Waals surface area contributed by atoms with Gasteiger partial charge in [-0.1, -0.05) is 52.0 Å². The molecule has 0 saturated carbocycles. The van der Waals surface area contributed by atoms with Gasteiger partial charge < -0.3 is 0 Å². The Morgan fingerprint density at radius 3 is 2.72 bits per heavy atom. The Bertz CT molecular complexity index is 1020. The topological polar surface area (TPSA) is 86.2 Å². The number of hydrogen-bond donors (Lipinski definition) is 0. The second-order valence-electron chi connectivity index (χ2n) is 5.27. The van der Waals surface area contributed by atoms with Crippen molar-refractivity contribution in [1.82, 2.24) is 14.9 Å². The first kappa shape index (κ1) is 16.0. The van der Waals surface area contributed by atoms with Crippen LogP contribution in [0.4, 0.5) is 5.69 Å². The highest BCUT2D eigenvalue weighted by molar-refractivity contribution is 9.10. The fourth-order valence-corrected chi connectivity index (χ4v) is 3.71. The maximum absolute atomic E-state index is 11.0. The summed E-state index contributed by atoms with van der Waals surface area (Å²) in [5, 5.41) is 24.7. The van der Waals surface area contributed by atoms with Crippen LogP contribution in [0, 0.1) is 10.1 Å². The van der Waals surface area contributed by atoms with E-state index in [0.29, 0.717) is 16.7 Å². The Kier molecular flexibility index (Phi) is 4.10. The lowest BCUT2D eigenvalue weighted by atomic mass is 10.1. The summed E-state index contributed by atoms with van der Waals surface area (Å²) in [6.45, 7) is 0. The van der Waals surface area contributed by atoms with E-state index in [9.17, 15) is 10.1 Å². The lowest BCUT2D eigenvalue weighted by Crippen LogP contribution is -2.14. The number of fused-ring (bicyclic) bond motifs is 1. The first-order valence-electron chi connectivity index (χ1n) is 7.28. The van der Waals surface area contributed by atoms with Crippen LogP contribution in [0.3, 0.4) is 0 Å². The minimum atomic E-state index is -0.406. The Morgan fingerprint density at radius 1 is 1.12 bits per heavy atom. The van der Waals surface area contributed by atoms with Gasteiger partial charge in [0.2, 0.25) is 5.16 Å². The van der Waals surface area contributed by atoms with Crippen LogP contribution in [0.5, 0.6) is 0 Å². The minimum Gasteiger partial charge on any atom is -0.258 e. The van der Waals surface area contributed by atoms with Gasteiger partial charge in [-0.2, -0.15) is 9.78 Å². The Labute approximate surface area is 155 Å². The van der Waals surface area contributed by atoms with Crippen molar-refractivity contribution in [2.75, 3.05) is 5.75 Å². The highest BCUT2D eigenvalue weighted by atomic mass is 79.9. The zero-order chi connectivity index (χ0) is 17.4. The predicted molar refractivity (Wildman–Crippen MR) is 98.9 cm³/mol. The number of benzene rings is 2. The van der Waals surface area contributed by atoms with Gasteiger partial charge in [-0.25, -0.2) is 0 Å². The molecule has 0 N–H and O–H groups in total. The van der Waals surface area contributed by atoms with Crippen LogP contribution in [-0.4, -0.2) is 31.3 Å². The second kappa shape index (κ2) is 6.41. The van der Waals surface area contributed by atoms with Crippen molar-refractivity contribution in [1.29, 1.82) is 0 Å². The maximum atomic E-state index is 11.0. The van der Waals surface area contributed by atoms with Crippen molar-refractivity contribution in [2.24, 2.45) is 5.10 Å². The number of rotatable bonds is 3. The Balaban J connectivity index is 1.79. The molecule has 124 valence electrons. The Morgan fingerprint density at radius 2 is 1.92 bits per heavy atom. The molecule has 0 radical (unpaired) electrons.